The predicted molar refractivity (Wildman–Crippen MR) is 99.3 cm³/mol. The van der Waals surface area contributed by atoms with Crippen molar-refractivity contribution >= 4 is 39.8 Å². The van der Waals surface area contributed by atoms with E-state index in [1.54, 1.807) is 11.4 Å². The van der Waals surface area contributed by atoms with E-state index in [4.69, 9.17) is 10.5 Å². The first-order valence-corrected chi connectivity index (χ1v) is 8.71. The molecule has 0 aliphatic rings. The van der Waals surface area contributed by atoms with Gasteiger partial charge in [0.05, 0.1) is 23.7 Å². The summed E-state index contributed by atoms with van der Waals surface area (Å²) in [5.74, 6) is -1.87. The van der Waals surface area contributed by atoms with Crippen LogP contribution in [0.25, 0.3) is 5.65 Å². The molecule has 3 heterocycles. The Morgan fingerprint density at radius 3 is 2.59 bits per heavy atom. The van der Waals surface area contributed by atoms with Gasteiger partial charge in [-0.2, -0.15) is 5.10 Å². The van der Waals surface area contributed by atoms with Gasteiger partial charge in [-0.15, -0.1) is 11.3 Å². The SMILES string of the molecule is COC(=O)c1c(NC(=O)c2cnn3c(C)cc(C)nc23)sc(C(N)=O)c1C. The van der Waals surface area contributed by atoms with E-state index in [2.05, 4.69) is 15.4 Å². The van der Waals surface area contributed by atoms with Gasteiger partial charge in [-0.3, -0.25) is 9.59 Å². The van der Waals surface area contributed by atoms with Gasteiger partial charge in [0.15, 0.2) is 5.65 Å². The fourth-order valence-corrected chi connectivity index (χ4v) is 3.83. The van der Waals surface area contributed by atoms with Crippen molar-refractivity contribution in [2.75, 3.05) is 12.4 Å². The van der Waals surface area contributed by atoms with Gasteiger partial charge in [-0.05, 0) is 32.4 Å². The second-order valence-electron chi connectivity index (χ2n) is 5.90. The molecule has 0 aromatic carbocycles. The van der Waals surface area contributed by atoms with Crippen LogP contribution in [0.4, 0.5) is 5.00 Å². The van der Waals surface area contributed by atoms with Crippen molar-refractivity contribution in [3.8, 4) is 0 Å². The molecular formula is C17H17N5O4S. The smallest absolute Gasteiger partial charge is 0.341 e. The van der Waals surface area contributed by atoms with Gasteiger partial charge in [0.2, 0.25) is 0 Å². The summed E-state index contributed by atoms with van der Waals surface area (Å²) < 4.78 is 6.31. The van der Waals surface area contributed by atoms with Crippen LogP contribution in [-0.2, 0) is 4.74 Å². The van der Waals surface area contributed by atoms with Gasteiger partial charge in [0.1, 0.15) is 10.6 Å². The predicted octanol–water partition coefficient (Wildman–Crippen LogP) is 1.85. The first kappa shape index (κ1) is 18.5. The maximum absolute atomic E-state index is 12.8. The molecular weight excluding hydrogens is 370 g/mol. The number of rotatable bonds is 4. The number of anilines is 1. The normalized spacial score (nSPS) is 10.8. The van der Waals surface area contributed by atoms with Crippen molar-refractivity contribution in [2.45, 2.75) is 20.8 Å². The Morgan fingerprint density at radius 2 is 1.96 bits per heavy atom. The van der Waals surface area contributed by atoms with Crippen LogP contribution in [0, 0.1) is 20.8 Å². The summed E-state index contributed by atoms with van der Waals surface area (Å²) in [7, 11) is 1.22. The third-order valence-electron chi connectivity index (χ3n) is 4.01. The molecule has 0 aliphatic carbocycles. The molecule has 140 valence electrons. The molecule has 3 rings (SSSR count). The Kier molecular flexibility index (Phi) is 4.66. The van der Waals surface area contributed by atoms with Gasteiger partial charge >= 0.3 is 5.97 Å². The zero-order valence-electron chi connectivity index (χ0n) is 15.1. The molecule has 0 spiro atoms. The molecule has 9 nitrogen and oxygen atoms in total. The lowest BCUT2D eigenvalue weighted by atomic mass is 10.1. The van der Waals surface area contributed by atoms with E-state index in [0.29, 0.717) is 11.2 Å². The zero-order valence-corrected chi connectivity index (χ0v) is 15.9. The maximum Gasteiger partial charge on any atom is 0.341 e. The molecule has 0 saturated carbocycles. The molecule has 2 amide bonds. The number of thiophene rings is 1. The third-order valence-corrected chi connectivity index (χ3v) is 5.23. The number of hydrogen-bond acceptors (Lipinski definition) is 7. The molecule has 3 aromatic rings. The Hall–Kier alpha value is -3.27. The van der Waals surface area contributed by atoms with Crippen LogP contribution in [0.15, 0.2) is 12.3 Å². The van der Waals surface area contributed by atoms with E-state index in [1.807, 2.05) is 19.9 Å². The van der Waals surface area contributed by atoms with E-state index in [-0.39, 0.29) is 21.0 Å². The van der Waals surface area contributed by atoms with E-state index in [1.165, 1.54) is 13.3 Å². The van der Waals surface area contributed by atoms with E-state index in [0.717, 1.165) is 22.7 Å². The highest BCUT2D eigenvalue weighted by Crippen LogP contribution is 2.34. The lowest BCUT2D eigenvalue weighted by molar-refractivity contribution is 0.0601. The number of carbonyl (C=O) groups excluding carboxylic acids is 3. The van der Waals surface area contributed by atoms with E-state index in [9.17, 15) is 14.4 Å². The van der Waals surface area contributed by atoms with Gasteiger partial charge in [0.25, 0.3) is 11.8 Å². The lowest BCUT2D eigenvalue weighted by Gasteiger charge is -2.06. The summed E-state index contributed by atoms with van der Waals surface area (Å²) in [6.07, 6.45) is 1.40. The molecule has 3 N–H and O–H groups in total. The number of nitrogens with zero attached hydrogens (tertiary/aromatic N) is 3. The molecule has 3 aromatic heterocycles. The molecule has 0 radical (unpaired) electrons. The van der Waals surface area contributed by atoms with Crippen LogP contribution in [-0.4, -0.2) is 39.5 Å². The monoisotopic (exact) mass is 387 g/mol. The quantitative estimate of drug-likeness (QED) is 0.658. The van der Waals surface area contributed by atoms with Gasteiger partial charge in [-0.1, -0.05) is 0 Å². The Labute approximate surface area is 158 Å². The summed E-state index contributed by atoms with van der Waals surface area (Å²) in [5, 5.41) is 7.01. The molecule has 27 heavy (non-hydrogen) atoms. The number of nitrogens with one attached hydrogen (secondary N) is 1. The first-order chi connectivity index (χ1) is 12.7. The zero-order chi connectivity index (χ0) is 19.9. The summed E-state index contributed by atoms with van der Waals surface area (Å²) in [6.45, 7) is 5.24. The number of aryl methyl sites for hydroxylation is 2. The second-order valence-corrected chi connectivity index (χ2v) is 6.92. The van der Waals surface area contributed by atoms with Crippen LogP contribution in [0.5, 0.6) is 0 Å². The first-order valence-electron chi connectivity index (χ1n) is 7.89. The topological polar surface area (TPSA) is 129 Å². The molecule has 0 saturated heterocycles. The van der Waals surface area contributed by atoms with Crippen molar-refractivity contribution in [1.29, 1.82) is 0 Å². The average molecular weight is 387 g/mol. The third kappa shape index (κ3) is 3.14. The highest BCUT2D eigenvalue weighted by atomic mass is 32.1. The van der Waals surface area contributed by atoms with Crippen molar-refractivity contribution < 1.29 is 19.1 Å². The lowest BCUT2D eigenvalue weighted by Crippen LogP contribution is -2.15. The number of hydrogen-bond donors (Lipinski definition) is 2. The van der Waals surface area contributed by atoms with Gasteiger partial charge in [0, 0.05) is 11.4 Å². The van der Waals surface area contributed by atoms with Crippen molar-refractivity contribution in [3.05, 3.63) is 45.2 Å². The number of ether oxygens (including phenoxy) is 1. The highest BCUT2D eigenvalue weighted by Gasteiger charge is 2.26. The number of amides is 2. The van der Waals surface area contributed by atoms with Gasteiger partial charge in [-0.25, -0.2) is 14.3 Å². The van der Waals surface area contributed by atoms with Crippen LogP contribution < -0.4 is 11.1 Å². The fourth-order valence-electron chi connectivity index (χ4n) is 2.79. The van der Waals surface area contributed by atoms with E-state index >= 15 is 0 Å². The number of carbonyl (C=O) groups is 3. The van der Waals surface area contributed by atoms with Gasteiger partial charge < -0.3 is 15.8 Å². The number of fused-ring (bicyclic) bond motifs is 1. The molecule has 0 fully saturated rings. The standard InChI is InChI=1S/C17H17N5O4S/c1-7-5-8(2)22-14(20-7)10(6-19-22)15(24)21-16-11(17(25)26-4)9(3)12(27-16)13(18)23/h5-6H,1-4H3,(H2,18,23)(H,21,24). The Bertz CT molecular complexity index is 1100. The number of methoxy groups -OCH3 is 1. The van der Waals surface area contributed by atoms with Crippen LogP contribution in [0.2, 0.25) is 0 Å². The molecule has 0 unspecified atom stereocenters. The molecule has 10 heteroatoms. The summed E-state index contributed by atoms with van der Waals surface area (Å²) >= 11 is 0.920. The summed E-state index contributed by atoms with van der Waals surface area (Å²) in [5.41, 5.74) is 8.02. The van der Waals surface area contributed by atoms with Crippen LogP contribution >= 0.6 is 11.3 Å². The minimum Gasteiger partial charge on any atom is -0.465 e. The molecule has 0 atom stereocenters. The molecule has 0 aliphatic heterocycles. The maximum atomic E-state index is 12.8. The number of primary amides is 1. The second kappa shape index (κ2) is 6.80. The van der Waals surface area contributed by atoms with Crippen LogP contribution in [0.1, 0.15) is 47.3 Å². The summed E-state index contributed by atoms with van der Waals surface area (Å²) in [6, 6.07) is 1.85. The molecule has 0 bridgehead atoms. The number of aromatic nitrogens is 3. The average Bonchev–Trinajstić information content (AvgIpc) is 3.15. The largest absolute Gasteiger partial charge is 0.465 e. The number of nitrogens with two attached hydrogens (primary N) is 1. The van der Waals surface area contributed by atoms with Crippen molar-refractivity contribution in [3.63, 3.8) is 0 Å². The minimum atomic E-state index is -0.688. The Balaban J connectivity index is 2.06. The van der Waals surface area contributed by atoms with Crippen molar-refractivity contribution in [2.24, 2.45) is 5.73 Å². The van der Waals surface area contributed by atoms with Crippen LogP contribution in [0.3, 0.4) is 0 Å². The highest BCUT2D eigenvalue weighted by molar-refractivity contribution is 7.18. The summed E-state index contributed by atoms with van der Waals surface area (Å²) in [4.78, 5) is 41.1. The fraction of sp³-hybridized carbons (Fsp3) is 0.235. The number of esters is 1. The van der Waals surface area contributed by atoms with E-state index < -0.39 is 17.8 Å². The minimum absolute atomic E-state index is 0.0986. The Morgan fingerprint density at radius 1 is 1.26 bits per heavy atom. The van der Waals surface area contributed by atoms with Crippen molar-refractivity contribution in [1.82, 2.24) is 14.6 Å².